The summed E-state index contributed by atoms with van der Waals surface area (Å²) in [5, 5.41) is 1.21. The first-order valence-electron chi connectivity index (χ1n) is 8.43. The van der Waals surface area contributed by atoms with Gasteiger partial charge in [-0.25, -0.2) is 4.98 Å². The normalized spacial score (nSPS) is 11.2. The van der Waals surface area contributed by atoms with E-state index >= 15 is 0 Å². The molecular weight excluding hydrogens is 304 g/mol. The zero-order valence-corrected chi connectivity index (χ0v) is 13.6. The van der Waals surface area contributed by atoms with E-state index in [1.807, 2.05) is 12.1 Å². The molecule has 0 fully saturated rings. The molecule has 118 valence electrons. The van der Waals surface area contributed by atoms with Gasteiger partial charge in [0.05, 0.1) is 16.7 Å². The fraction of sp³-hybridized carbons (Fsp3) is 0. The highest BCUT2D eigenvalue weighted by atomic mass is 15.0. The molecule has 0 aliphatic carbocycles. The number of pyridine rings is 1. The molecule has 2 nitrogen and oxygen atoms in total. The Balaban J connectivity index is 1.94. The smallest absolute Gasteiger partial charge is 0.145 e. The van der Waals surface area contributed by atoms with Crippen LogP contribution >= 0.6 is 0 Å². The Labute approximate surface area is 146 Å². The summed E-state index contributed by atoms with van der Waals surface area (Å²) < 4.78 is 2.27. The Morgan fingerprint density at radius 3 is 1.92 bits per heavy atom. The van der Waals surface area contributed by atoms with E-state index < -0.39 is 0 Å². The maximum absolute atomic E-state index is 5.04. The Morgan fingerprint density at radius 2 is 1.16 bits per heavy atom. The monoisotopic (exact) mass is 320 g/mol. The number of fused-ring (bicyclic) bond motifs is 3. The third kappa shape index (κ3) is 2.23. The number of rotatable bonds is 2. The van der Waals surface area contributed by atoms with Gasteiger partial charge in [-0.2, -0.15) is 0 Å². The van der Waals surface area contributed by atoms with Crippen LogP contribution in [0, 0.1) is 0 Å². The van der Waals surface area contributed by atoms with Gasteiger partial charge in [0.15, 0.2) is 0 Å². The van der Waals surface area contributed by atoms with Crippen LogP contribution in [0.4, 0.5) is 0 Å². The lowest BCUT2D eigenvalue weighted by molar-refractivity contribution is 1.22. The molecule has 0 saturated heterocycles. The van der Waals surface area contributed by atoms with E-state index in [1.165, 1.54) is 10.9 Å². The summed E-state index contributed by atoms with van der Waals surface area (Å²) >= 11 is 0. The maximum Gasteiger partial charge on any atom is 0.145 e. The Kier molecular flexibility index (Phi) is 3.14. The predicted octanol–water partition coefficient (Wildman–Crippen LogP) is 5.82. The molecule has 2 heteroatoms. The minimum Gasteiger partial charge on any atom is -0.292 e. The lowest BCUT2D eigenvalue weighted by atomic mass is 10.1. The van der Waals surface area contributed by atoms with E-state index in [9.17, 15) is 0 Å². The molecule has 0 amide bonds. The first kappa shape index (κ1) is 14.0. The first-order valence-corrected chi connectivity index (χ1v) is 8.43. The molecule has 0 bridgehead atoms. The van der Waals surface area contributed by atoms with Gasteiger partial charge in [-0.15, -0.1) is 0 Å². The van der Waals surface area contributed by atoms with Gasteiger partial charge in [0.25, 0.3) is 0 Å². The molecule has 2 aromatic heterocycles. The second kappa shape index (κ2) is 5.60. The summed E-state index contributed by atoms with van der Waals surface area (Å²) in [7, 11) is 0. The van der Waals surface area contributed by atoms with Gasteiger partial charge in [-0.1, -0.05) is 84.9 Å². The molecule has 0 atom stereocenters. The molecule has 0 aliphatic heterocycles. The van der Waals surface area contributed by atoms with Crippen molar-refractivity contribution in [1.29, 1.82) is 0 Å². The number of hydrogen-bond donors (Lipinski definition) is 0. The second-order valence-corrected chi connectivity index (χ2v) is 6.13. The standard InChI is InChI=1S/C23H16N2/c1-3-10-18(11-4-1)22-21-16-15-17-9-7-8-14-20(17)25(21)23(24-22)19-12-5-2-6-13-19/h1-16H. The molecule has 3 aromatic carbocycles. The summed E-state index contributed by atoms with van der Waals surface area (Å²) in [5.41, 5.74) is 5.58. The van der Waals surface area contributed by atoms with Gasteiger partial charge in [0.1, 0.15) is 5.82 Å². The van der Waals surface area contributed by atoms with Gasteiger partial charge in [0, 0.05) is 11.1 Å². The number of imidazole rings is 1. The molecule has 2 heterocycles. The van der Waals surface area contributed by atoms with Gasteiger partial charge in [-0.05, 0) is 17.5 Å². The highest BCUT2D eigenvalue weighted by Crippen LogP contribution is 2.32. The topological polar surface area (TPSA) is 17.3 Å². The van der Waals surface area contributed by atoms with Crippen molar-refractivity contribution in [1.82, 2.24) is 9.38 Å². The van der Waals surface area contributed by atoms with Crippen LogP contribution in [0.15, 0.2) is 97.1 Å². The van der Waals surface area contributed by atoms with Crippen LogP contribution < -0.4 is 0 Å². The molecule has 0 aliphatic rings. The van der Waals surface area contributed by atoms with Crippen molar-refractivity contribution in [3.8, 4) is 22.6 Å². The van der Waals surface area contributed by atoms with Crippen LogP contribution in [0.5, 0.6) is 0 Å². The molecular formula is C23H16N2. The molecule has 0 spiro atoms. The number of para-hydroxylation sites is 1. The van der Waals surface area contributed by atoms with Gasteiger partial charge >= 0.3 is 0 Å². The average Bonchev–Trinajstić information content (AvgIpc) is 3.09. The zero-order valence-electron chi connectivity index (χ0n) is 13.6. The largest absolute Gasteiger partial charge is 0.292 e. The quantitative estimate of drug-likeness (QED) is 0.400. The van der Waals surface area contributed by atoms with Crippen LogP contribution in [-0.4, -0.2) is 9.38 Å². The fourth-order valence-corrected chi connectivity index (χ4v) is 3.42. The molecule has 0 radical (unpaired) electrons. The van der Waals surface area contributed by atoms with E-state index in [-0.39, 0.29) is 0 Å². The molecule has 5 rings (SSSR count). The first-order chi connectivity index (χ1) is 12.4. The lowest BCUT2D eigenvalue weighted by Gasteiger charge is -2.06. The number of benzene rings is 3. The highest BCUT2D eigenvalue weighted by Gasteiger charge is 2.15. The van der Waals surface area contributed by atoms with Crippen molar-refractivity contribution in [2.45, 2.75) is 0 Å². The number of aromatic nitrogens is 2. The number of nitrogens with zero attached hydrogens (tertiary/aromatic N) is 2. The van der Waals surface area contributed by atoms with Crippen LogP contribution in [0.1, 0.15) is 0 Å². The summed E-state index contributed by atoms with van der Waals surface area (Å²) in [6, 6.07) is 33.6. The average molecular weight is 320 g/mol. The van der Waals surface area contributed by atoms with Crippen molar-refractivity contribution >= 4 is 16.4 Å². The second-order valence-electron chi connectivity index (χ2n) is 6.13. The predicted molar refractivity (Wildman–Crippen MR) is 104 cm³/mol. The molecule has 0 N–H and O–H groups in total. The summed E-state index contributed by atoms with van der Waals surface area (Å²) in [5.74, 6) is 0.978. The van der Waals surface area contributed by atoms with E-state index in [4.69, 9.17) is 4.98 Å². The third-order valence-electron chi connectivity index (χ3n) is 4.59. The van der Waals surface area contributed by atoms with Crippen molar-refractivity contribution in [3.63, 3.8) is 0 Å². The maximum atomic E-state index is 5.04. The minimum absolute atomic E-state index is 0.978. The molecule has 5 aromatic rings. The Bertz CT molecular complexity index is 1170. The lowest BCUT2D eigenvalue weighted by Crippen LogP contribution is -1.91. The summed E-state index contributed by atoms with van der Waals surface area (Å²) in [6.07, 6.45) is 0. The Hall–Kier alpha value is -3.39. The summed E-state index contributed by atoms with van der Waals surface area (Å²) in [4.78, 5) is 5.04. The highest BCUT2D eigenvalue weighted by molar-refractivity contribution is 5.91. The third-order valence-corrected chi connectivity index (χ3v) is 4.59. The van der Waals surface area contributed by atoms with E-state index in [1.54, 1.807) is 0 Å². The van der Waals surface area contributed by atoms with Crippen LogP contribution in [0.2, 0.25) is 0 Å². The van der Waals surface area contributed by atoms with Crippen molar-refractivity contribution in [2.75, 3.05) is 0 Å². The van der Waals surface area contributed by atoms with Crippen LogP contribution in [0.3, 0.4) is 0 Å². The van der Waals surface area contributed by atoms with E-state index in [0.29, 0.717) is 0 Å². The van der Waals surface area contributed by atoms with Crippen molar-refractivity contribution < 1.29 is 0 Å². The zero-order chi connectivity index (χ0) is 16.6. The van der Waals surface area contributed by atoms with Gasteiger partial charge in [0.2, 0.25) is 0 Å². The minimum atomic E-state index is 0.978. The van der Waals surface area contributed by atoms with Gasteiger partial charge in [-0.3, -0.25) is 4.40 Å². The van der Waals surface area contributed by atoms with Crippen molar-refractivity contribution in [2.24, 2.45) is 0 Å². The van der Waals surface area contributed by atoms with E-state index in [0.717, 1.165) is 28.2 Å². The summed E-state index contributed by atoms with van der Waals surface area (Å²) in [6.45, 7) is 0. The Morgan fingerprint density at radius 1 is 0.520 bits per heavy atom. The van der Waals surface area contributed by atoms with Crippen LogP contribution in [-0.2, 0) is 0 Å². The SMILES string of the molecule is c1ccc(-c2nc(-c3ccccc3)n3c2ccc2ccccc23)cc1. The van der Waals surface area contributed by atoms with E-state index in [2.05, 4.69) is 89.3 Å². The van der Waals surface area contributed by atoms with Crippen LogP contribution in [0.25, 0.3) is 39.1 Å². The molecule has 0 saturated carbocycles. The van der Waals surface area contributed by atoms with Crippen molar-refractivity contribution in [3.05, 3.63) is 97.1 Å². The molecule has 0 unspecified atom stereocenters. The fourth-order valence-electron chi connectivity index (χ4n) is 3.42. The molecule has 25 heavy (non-hydrogen) atoms. The van der Waals surface area contributed by atoms with Gasteiger partial charge < -0.3 is 0 Å². The number of hydrogen-bond acceptors (Lipinski definition) is 1.